The van der Waals surface area contributed by atoms with Crippen molar-refractivity contribution in [2.45, 2.75) is 19.4 Å². The SMILES string of the molecule is CC1(C)C=c2sccc2=NC=N1. The summed E-state index contributed by atoms with van der Waals surface area (Å²) < 4.78 is 1.22. The van der Waals surface area contributed by atoms with Gasteiger partial charge in [0, 0.05) is 0 Å². The van der Waals surface area contributed by atoms with Gasteiger partial charge in [-0.1, -0.05) is 0 Å². The van der Waals surface area contributed by atoms with Gasteiger partial charge in [0.1, 0.15) is 6.34 Å². The summed E-state index contributed by atoms with van der Waals surface area (Å²) in [5, 5.41) is 3.09. The Balaban J connectivity index is 2.75. The van der Waals surface area contributed by atoms with Crippen LogP contribution in [0.1, 0.15) is 13.8 Å². The first-order valence-electron chi connectivity index (χ1n) is 3.85. The van der Waals surface area contributed by atoms with E-state index in [1.807, 2.05) is 6.07 Å². The zero-order valence-corrected chi connectivity index (χ0v) is 7.93. The maximum atomic E-state index is 4.30. The Morgan fingerprint density at radius 3 is 3.08 bits per heavy atom. The molecule has 0 unspecified atom stereocenters. The van der Waals surface area contributed by atoms with E-state index in [4.69, 9.17) is 0 Å². The van der Waals surface area contributed by atoms with Crippen LogP contribution in [0.2, 0.25) is 0 Å². The molecule has 0 aliphatic carbocycles. The quantitative estimate of drug-likeness (QED) is 0.565. The van der Waals surface area contributed by atoms with Gasteiger partial charge in [0.2, 0.25) is 0 Å². The van der Waals surface area contributed by atoms with Gasteiger partial charge in [0.25, 0.3) is 0 Å². The Bertz CT molecular complexity index is 426. The number of thiophene rings is 1. The molecular formula is C9H10N2S. The third kappa shape index (κ3) is 1.32. The molecule has 62 valence electrons. The van der Waals surface area contributed by atoms with E-state index < -0.39 is 0 Å². The topological polar surface area (TPSA) is 24.7 Å². The average molecular weight is 178 g/mol. The van der Waals surface area contributed by atoms with Gasteiger partial charge >= 0.3 is 0 Å². The first-order valence-corrected chi connectivity index (χ1v) is 4.73. The average Bonchev–Trinajstić information content (AvgIpc) is 2.31. The van der Waals surface area contributed by atoms with Crippen LogP contribution in [0.4, 0.5) is 0 Å². The predicted octanol–water partition coefficient (Wildman–Crippen LogP) is 0.969. The fraction of sp³-hybridized carbons (Fsp3) is 0.333. The molecule has 0 saturated carbocycles. The van der Waals surface area contributed by atoms with Gasteiger partial charge in [-0.3, -0.25) is 4.99 Å². The Labute approximate surface area is 75.0 Å². The van der Waals surface area contributed by atoms with Crippen LogP contribution in [0.5, 0.6) is 0 Å². The Morgan fingerprint density at radius 2 is 2.25 bits per heavy atom. The molecule has 0 radical (unpaired) electrons. The highest BCUT2D eigenvalue weighted by atomic mass is 32.1. The molecule has 0 bridgehead atoms. The largest absolute Gasteiger partial charge is 0.263 e. The lowest BCUT2D eigenvalue weighted by atomic mass is 10.1. The summed E-state index contributed by atoms with van der Waals surface area (Å²) in [6.45, 7) is 4.15. The molecule has 0 atom stereocenters. The van der Waals surface area contributed by atoms with E-state index in [0.717, 1.165) is 5.36 Å². The number of nitrogens with zero attached hydrogens (tertiary/aromatic N) is 2. The van der Waals surface area contributed by atoms with Crippen molar-refractivity contribution in [2.24, 2.45) is 9.98 Å². The van der Waals surface area contributed by atoms with E-state index in [0.29, 0.717) is 0 Å². The minimum Gasteiger partial charge on any atom is -0.263 e. The van der Waals surface area contributed by atoms with Crippen LogP contribution < -0.4 is 9.89 Å². The number of rotatable bonds is 0. The van der Waals surface area contributed by atoms with Crippen LogP contribution in [-0.4, -0.2) is 11.9 Å². The smallest absolute Gasteiger partial charge is 0.111 e. The van der Waals surface area contributed by atoms with Gasteiger partial charge in [0.15, 0.2) is 0 Å². The highest BCUT2D eigenvalue weighted by molar-refractivity contribution is 7.07. The van der Waals surface area contributed by atoms with E-state index in [2.05, 4.69) is 35.3 Å². The molecule has 0 aromatic carbocycles. The van der Waals surface area contributed by atoms with E-state index >= 15 is 0 Å². The van der Waals surface area contributed by atoms with Gasteiger partial charge < -0.3 is 0 Å². The normalized spacial score (nSPS) is 18.8. The molecule has 12 heavy (non-hydrogen) atoms. The molecule has 1 aromatic rings. The number of fused-ring (bicyclic) bond motifs is 1. The standard InChI is InChI=1S/C9H10N2S/c1-9(2)5-8-7(3-4-12-8)10-6-11-9/h3-6H,1-2H3. The minimum absolute atomic E-state index is 0.112. The van der Waals surface area contributed by atoms with E-state index in [1.54, 1.807) is 17.7 Å². The Morgan fingerprint density at radius 1 is 1.42 bits per heavy atom. The van der Waals surface area contributed by atoms with Crippen molar-refractivity contribution in [3.8, 4) is 0 Å². The molecule has 1 aliphatic heterocycles. The van der Waals surface area contributed by atoms with Crippen molar-refractivity contribution >= 4 is 23.8 Å². The first kappa shape index (κ1) is 7.68. The summed E-state index contributed by atoms with van der Waals surface area (Å²) in [4.78, 5) is 8.53. The van der Waals surface area contributed by atoms with E-state index in [-0.39, 0.29) is 5.54 Å². The predicted molar refractivity (Wildman–Crippen MR) is 52.1 cm³/mol. The summed E-state index contributed by atoms with van der Waals surface area (Å²) in [6, 6.07) is 2.02. The van der Waals surface area contributed by atoms with Gasteiger partial charge in [-0.25, -0.2) is 4.99 Å². The zero-order chi connectivity index (χ0) is 8.60. The molecule has 0 fully saturated rings. The second-order valence-corrected chi connectivity index (χ2v) is 4.29. The Kier molecular flexibility index (Phi) is 1.61. The molecule has 2 heterocycles. The second kappa shape index (κ2) is 2.52. The van der Waals surface area contributed by atoms with E-state index in [9.17, 15) is 0 Å². The van der Waals surface area contributed by atoms with E-state index in [1.165, 1.54) is 4.53 Å². The van der Waals surface area contributed by atoms with Crippen molar-refractivity contribution in [2.75, 3.05) is 0 Å². The van der Waals surface area contributed by atoms with Crippen molar-refractivity contribution in [3.05, 3.63) is 21.3 Å². The van der Waals surface area contributed by atoms with Gasteiger partial charge in [-0.2, -0.15) is 0 Å². The zero-order valence-electron chi connectivity index (χ0n) is 7.11. The van der Waals surface area contributed by atoms with Crippen molar-refractivity contribution in [1.82, 2.24) is 0 Å². The number of hydrogen-bond donors (Lipinski definition) is 0. The molecule has 2 rings (SSSR count). The summed E-state index contributed by atoms with van der Waals surface area (Å²) in [7, 11) is 0. The highest BCUT2D eigenvalue weighted by Crippen LogP contribution is 2.10. The third-order valence-corrected chi connectivity index (χ3v) is 2.60. The maximum Gasteiger partial charge on any atom is 0.111 e. The van der Waals surface area contributed by atoms with Gasteiger partial charge in [-0.15, -0.1) is 11.3 Å². The molecule has 0 N–H and O–H groups in total. The number of aliphatic imine (C=N–C) groups is 1. The van der Waals surface area contributed by atoms with Gasteiger partial charge in [0.05, 0.1) is 15.4 Å². The number of hydrogen-bond acceptors (Lipinski definition) is 3. The molecule has 3 heteroatoms. The lowest BCUT2D eigenvalue weighted by Crippen LogP contribution is -2.22. The molecule has 0 saturated heterocycles. The van der Waals surface area contributed by atoms with Crippen LogP contribution in [0, 0.1) is 0 Å². The third-order valence-electron chi connectivity index (χ3n) is 1.74. The fourth-order valence-electron chi connectivity index (χ4n) is 1.13. The highest BCUT2D eigenvalue weighted by Gasteiger charge is 2.12. The molecule has 1 aromatic heterocycles. The molecule has 2 nitrogen and oxygen atoms in total. The Hall–Kier alpha value is -0.960. The maximum absolute atomic E-state index is 4.30. The van der Waals surface area contributed by atoms with Crippen LogP contribution in [-0.2, 0) is 0 Å². The summed E-state index contributed by atoms with van der Waals surface area (Å²) in [5.74, 6) is 0. The van der Waals surface area contributed by atoms with Crippen LogP contribution in [0.3, 0.4) is 0 Å². The van der Waals surface area contributed by atoms with Gasteiger partial charge in [-0.05, 0) is 31.4 Å². The molecule has 1 aliphatic rings. The summed E-state index contributed by atoms with van der Waals surface area (Å²) in [5.41, 5.74) is -0.112. The van der Waals surface area contributed by atoms with Crippen molar-refractivity contribution < 1.29 is 0 Å². The second-order valence-electron chi connectivity index (χ2n) is 3.34. The first-order chi connectivity index (χ1) is 5.67. The molecule has 0 spiro atoms. The summed E-state index contributed by atoms with van der Waals surface area (Å²) >= 11 is 1.71. The van der Waals surface area contributed by atoms with Crippen LogP contribution in [0.15, 0.2) is 21.4 Å². The van der Waals surface area contributed by atoms with Crippen molar-refractivity contribution in [1.29, 1.82) is 0 Å². The molecular weight excluding hydrogens is 168 g/mol. The fourth-order valence-corrected chi connectivity index (χ4v) is 2.07. The minimum atomic E-state index is -0.112. The van der Waals surface area contributed by atoms with Crippen LogP contribution in [0.25, 0.3) is 6.08 Å². The lowest BCUT2D eigenvalue weighted by Gasteiger charge is -2.10. The van der Waals surface area contributed by atoms with Crippen LogP contribution >= 0.6 is 11.3 Å². The monoisotopic (exact) mass is 178 g/mol. The van der Waals surface area contributed by atoms with Crippen molar-refractivity contribution in [3.63, 3.8) is 0 Å². The lowest BCUT2D eigenvalue weighted by molar-refractivity contribution is 0.701. The molecule has 0 amide bonds. The summed E-state index contributed by atoms with van der Waals surface area (Å²) in [6.07, 6.45) is 3.80.